The summed E-state index contributed by atoms with van der Waals surface area (Å²) in [7, 11) is 0. The topological polar surface area (TPSA) is 225 Å². The van der Waals surface area contributed by atoms with Crippen molar-refractivity contribution in [1.29, 1.82) is 0 Å². The number of aliphatic hydroxyl groups excluding tert-OH is 6. The molecule has 0 aromatic heterocycles. The molecular formula is C34H52O14. The smallest absolute Gasteiger partial charge is 0.331 e. The maximum atomic E-state index is 12.5. The van der Waals surface area contributed by atoms with E-state index in [1.54, 1.807) is 6.92 Å². The Bertz CT molecular complexity index is 1280. The van der Waals surface area contributed by atoms with Gasteiger partial charge in [-0.05, 0) is 74.2 Å². The van der Waals surface area contributed by atoms with Gasteiger partial charge in [0.15, 0.2) is 12.6 Å². The maximum Gasteiger partial charge on any atom is 0.331 e. The van der Waals surface area contributed by atoms with Crippen LogP contribution in [0.25, 0.3) is 0 Å². The summed E-state index contributed by atoms with van der Waals surface area (Å²) in [5, 5.41) is 87.7. The molecular weight excluding hydrogens is 632 g/mol. The highest BCUT2D eigenvalue weighted by Crippen LogP contribution is 2.70. The molecule has 8 N–H and O–H groups in total. The first-order chi connectivity index (χ1) is 22.6. The average molecular weight is 685 g/mol. The SMILES string of the molecule is CC1OC(OC2CCC3(C)C(CCC4C3C(O)CC3(C)C(C5=CC(=O)OC5)C(O)CC43O)C2)C(O)C(O)C1OC1OCC(O)(CO)C1O. The molecule has 2 saturated heterocycles. The molecule has 3 heterocycles. The molecule has 4 aliphatic carbocycles. The van der Waals surface area contributed by atoms with Crippen LogP contribution in [0.3, 0.4) is 0 Å². The van der Waals surface area contributed by atoms with E-state index in [4.69, 9.17) is 23.7 Å². The largest absolute Gasteiger partial charge is 0.458 e. The third-order valence-electron chi connectivity index (χ3n) is 13.8. The number of cyclic esters (lactones) is 1. The summed E-state index contributed by atoms with van der Waals surface area (Å²) < 4.78 is 28.5. The molecule has 7 rings (SSSR count). The molecule has 0 aromatic carbocycles. The lowest BCUT2D eigenvalue weighted by Crippen LogP contribution is -2.66. The van der Waals surface area contributed by atoms with Gasteiger partial charge in [0.25, 0.3) is 0 Å². The van der Waals surface area contributed by atoms with Crippen molar-refractivity contribution in [2.24, 2.45) is 34.5 Å². The minimum absolute atomic E-state index is 0.0908. The molecule has 0 spiro atoms. The number of esters is 1. The summed E-state index contributed by atoms with van der Waals surface area (Å²) >= 11 is 0. The number of carbonyl (C=O) groups excluding carboxylic acids is 1. The predicted octanol–water partition coefficient (Wildman–Crippen LogP) is -1.14. The molecule has 272 valence electrons. The van der Waals surface area contributed by atoms with Gasteiger partial charge in [0.1, 0.15) is 36.6 Å². The van der Waals surface area contributed by atoms with Crippen LogP contribution in [0, 0.1) is 34.5 Å². The minimum atomic E-state index is -1.90. The van der Waals surface area contributed by atoms with Gasteiger partial charge in [-0.3, -0.25) is 0 Å². The predicted molar refractivity (Wildman–Crippen MR) is 162 cm³/mol. The summed E-state index contributed by atoms with van der Waals surface area (Å²) in [5.74, 6) is -1.23. The van der Waals surface area contributed by atoms with Crippen LogP contribution < -0.4 is 0 Å². The fourth-order valence-corrected chi connectivity index (χ4v) is 11.2. The van der Waals surface area contributed by atoms with Crippen molar-refractivity contribution in [3.8, 4) is 0 Å². The quantitative estimate of drug-likeness (QED) is 0.122. The van der Waals surface area contributed by atoms with Crippen LogP contribution in [-0.4, -0.2) is 139 Å². The Kier molecular flexibility index (Phi) is 8.91. The number of carbonyl (C=O) groups is 1. The maximum absolute atomic E-state index is 12.5. The zero-order valence-electron chi connectivity index (χ0n) is 27.8. The van der Waals surface area contributed by atoms with Crippen molar-refractivity contribution in [1.82, 2.24) is 0 Å². The van der Waals surface area contributed by atoms with Gasteiger partial charge in [0, 0.05) is 23.8 Å². The van der Waals surface area contributed by atoms with Gasteiger partial charge in [0.05, 0.1) is 43.2 Å². The fraction of sp³-hybridized carbons (Fsp3) is 0.912. The fourth-order valence-electron chi connectivity index (χ4n) is 11.2. The number of aliphatic hydroxyl groups is 8. The van der Waals surface area contributed by atoms with Gasteiger partial charge in [-0.2, -0.15) is 0 Å². The first kappa shape index (κ1) is 35.1. The second-order valence-corrected chi connectivity index (χ2v) is 16.3. The summed E-state index contributed by atoms with van der Waals surface area (Å²) in [6.45, 7) is 4.75. The Morgan fingerprint density at radius 2 is 1.71 bits per heavy atom. The summed E-state index contributed by atoms with van der Waals surface area (Å²) in [5.41, 5.74) is -3.59. The van der Waals surface area contributed by atoms with Crippen LogP contribution in [0.5, 0.6) is 0 Å². The number of hydrogen-bond acceptors (Lipinski definition) is 14. The second-order valence-electron chi connectivity index (χ2n) is 16.3. The number of rotatable bonds is 6. The molecule has 14 nitrogen and oxygen atoms in total. The van der Waals surface area contributed by atoms with Gasteiger partial charge < -0.3 is 64.5 Å². The van der Waals surface area contributed by atoms with Crippen LogP contribution in [0.15, 0.2) is 11.6 Å². The number of ether oxygens (including phenoxy) is 5. The van der Waals surface area contributed by atoms with Gasteiger partial charge >= 0.3 is 5.97 Å². The molecule has 6 fully saturated rings. The average Bonchev–Trinajstić information content (AvgIpc) is 3.64. The van der Waals surface area contributed by atoms with Crippen molar-refractivity contribution in [2.45, 2.75) is 138 Å². The van der Waals surface area contributed by atoms with E-state index in [2.05, 4.69) is 6.92 Å². The first-order valence-electron chi connectivity index (χ1n) is 17.5. The van der Waals surface area contributed by atoms with E-state index in [0.717, 1.165) is 6.42 Å². The molecule has 4 saturated carbocycles. The number of hydrogen-bond donors (Lipinski definition) is 8. The second kappa shape index (κ2) is 12.2. The van der Waals surface area contributed by atoms with Gasteiger partial charge in [-0.1, -0.05) is 13.8 Å². The molecule has 0 amide bonds. The van der Waals surface area contributed by atoms with Gasteiger partial charge in [0.2, 0.25) is 0 Å². The van der Waals surface area contributed by atoms with Crippen LogP contribution in [0.4, 0.5) is 0 Å². The highest BCUT2D eigenvalue weighted by molar-refractivity contribution is 5.85. The summed E-state index contributed by atoms with van der Waals surface area (Å²) in [4.78, 5) is 11.9. The lowest BCUT2D eigenvalue weighted by atomic mass is 9.42. The Balaban J connectivity index is 1.01. The van der Waals surface area contributed by atoms with E-state index in [1.807, 2.05) is 6.92 Å². The van der Waals surface area contributed by atoms with E-state index < -0.39 is 90.4 Å². The molecule has 0 radical (unpaired) electrons. The van der Waals surface area contributed by atoms with E-state index in [0.29, 0.717) is 37.7 Å². The van der Waals surface area contributed by atoms with Crippen molar-refractivity contribution in [3.63, 3.8) is 0 Å². The van der Waals surface area contributed by atoms with E-state index in [-0.39, 0.29) is 48.9 Å². The van der Waals surface area contributed by atoms with Crippen molar-refractivity contribution in [2.75, 3.05) is 19.8 Å². The van der Waals surface area contributed by atoms with E-state index in [1.165, 1.54) is 6.08 Å². The summed E-state index contributed by atoms with van der Waals surface area (Å²) in [6.07, 6.45) is -5.47. The van der Waals surface area contributed by atoms with Crippen LogP contribution >= 0.6 is 0 Å². The van der Waals surface area contributed by atoms with E-state index >= 15 is 0 Å². The highest BCUT2D eigenvalue weighted by Gasteiger charge is 2.72. The molecule has 18 unspecified atom stereocenters. The van der Waals surface area contributed by atoms with Crippen LogP contribution in [0.1, 0.15) is 65.7 Å². The first-order valence-corrected chi connectivity index (χ1v) is 17.5. The number of fused-ring (bicyclic) bond motifs is 5. The van der Waals surface area contributed by atoms with E-state index in [9.17, 15) is 45.6 Å². The zero-order chi connectivity index (χ0) is 34.6. The molecule has 7 aliphatic rings. The molecule has 0 aromatic rings. The Morgan fingerprint density at radius 1 is 0.958 bits per heavy atom. The summed E-state index contributed by atoms with van der Waals surface area (Å²) in [6, 6.07) is 0. The molecule has 3 aliphatic heterocycles. The minimum Gasteiger partial charge on any atom is -0.458 e. The zero-order valence-corrected chi connectivity index (χ0v) is 27.8. The van der Waals surface area contributed by atoms with Crippen molar-refractivity contribution < 1.29 is 69.3 Å². The highest BCUT2D eigenvalue weighted by atomic mass is 16.7. The lowest BCUT2D eigenvalue weighted by molar-refractivity contribution is -0.333. The molecule has 18 atom stereocenters. The van der Waals surface area contributed by atoms with Crippen molar-refractivity contribution >= 4 is 5.97 Å². The van der Waals surface area contributed by atoms with Gasteiger partial charge in [-0.25, -0.2) is 4.79 Å². The van der Waals surface area contributed by atoms with Crippen molar-refractivity contribution in [3.05, 3.63) is 11.6 Å². The third kappa shape index (κ3) is 5.16. The Morgan fingerprint density at radius 3 is 2.38 bits per heavy atom. The monoisotopic (exact) mass is 684 g/mol. The lowest BCUT2D eigenvalue weighted by Gasteiger charge is -2.65. The Labute approximate surface area is 279 Å². The van der Waals surface area contributed by atoms with Crippen LogP contribution in [-0.2, 0) is 28.5 Å². The normalized spacial score (nSPS) is 56.6. The third-order valence-corrected chi connectivity index (χ3v) is 13.8. The Hall–Kier alpha value is -1.27. The van der Waals surface area contributed by atoms with Crippen LogP contribution in [0.2, 0.25) is 0 Å². The standard InChI is InChI=1S/C34H52O14/c1-15-27(48-30-28(41)33(42,13-35)14-45-30)25(39)26(40)29(46-15)47-18-6-7-31(2)17(9-18)4-5-19-24(31)20(36)10-32(3)23(16-8-22(38)44-12-16)21(37)11-34(19,32)43/h8,15,17-21,23-30,35-37,39-43H,4-7,9-14H2,1-3H3. The molecule has 14 heteroatoms. The molecule has 0 bridgehead atoms. The van der Waals surface area contributed by atoms with Gasteiger partial charge in [-0.15, -0.1) is 0 Å². The molecule has 48 heavy (non-hydrogen) atoms.